The van der Waals surface area contributed by atoms with E-state index in [9.17, 15) is 19.2 Å². The predicted molar refractivity (Wildman–Crippen MR) is 84.3 cm³/mol. The number of pyridine rings is 1. The molecule has 3 heterocycles. The van der Waals surface area contributed by atoms with Gasteiger partial charge < -0.3 is 10.2 Å². The third-order valence-corrected chi connectivity index (χ3v) is 4.20. The number of carbonyl (C=O) groups excluding carboxylic acids is 4. The van der Waals surface area contributed by atoms with E-state index in [1.807, 2.05) is 4.90 Å². The number of rotatable bonds is 3. The average Bonchev–Trinajstić information content (AvgIpc) is 2.58. The lowest BCUT2D eigenvalue weighted by Gasteiger charge is -2.27. The molecular weight excluding hydrogens is 312 g/mol. The van der Waals surface area contributed by atoms with Gasteiger partial charge in [-0.15, -0.1) is 0 Å². The Hall–Kier alpha value is -2.77. The van der Waals surface area contributed by atoms with E-state index in [-0.39, 0.29) is 18.1 Å². The van der Waals surface area contributed by atoms with E-state index in [1.165, 1.54) is 6.20 Å². The number of amides is 3. The van der Waals surface area contributed by atoms with Crippen LogP contribution in [0, 0.1) is 0 Å². The van der Waals surface area contributed by atoms with Crippen LogP contribution in [0.25, 0.3) is 0 Å². The topological polar surface area (TPSA) is 108 Å². The van der Waals surface area contributed by atoms with E-state index in [0.29, 0.717) is 37.9 Å². The van der Waals surface area contributed by atoms with Crippen LogP contribution in [0.5, 0.6) is 0 Å². The summed E-state index contributed by atoms with van der Waals surface area (Å²) in [6, 6.07) is 2.66. The summed E-state index contributed by atoms with van der Waals surface area (Å²) in [7, 11) is 0. The van der Waals surface area contributed by atoms with E-state index < -0.39 is 17.9 Å². The first-order valence-electron chi connectivity index (χ1n) is 7.90. The van der Waals surface area contributed by atoms with Gasteiger partial charge in [-0.2, -0.15) is 0 Å². The van der Waals surface area contributed by atoms with Gasteiger partial charge in [0.05, 0.1) is 5.56 Å². The van der Waals surface area contributed by atoms with Crippen LogP contribution in [0.1, 0.15) is 36.0 Å². The Morgan fingerprint density at radius 3 is 2.54 bits per heavy atom. The largest absolute Gasteiger partial charge is 0.356 e. The van der Waals surface area contributed by atoms with Crippen LogP contribution in [0.15, 0.2) is 18.3 Å². The predicted octanol–water partition coefficient (Wildman–Crippen LogP) is -0.214. The van der Waals surface area contributed by atoms with Crippen molar-refractivity contribution in [2.45, 2.75) is 31.7 Å². The number of nitrogens with one attached hydrogen (secondary N) is 2. The van der Waals surface area contributed by atoms with E-state index >= 15 is 0 Å². The number of aromatic nitrogens is 1. The molecule has 8 heteroatoms. The molecule has 2 N–H and O–H groups in total. The zero-order chi connectivity index (χ0) is 17.1. The Bertz CT molecular complexity index is 676. The van der Waals surface area contributed by atoms with Gasteiger partial charge in [0.15, 0.2) is 0 Å². The minimum absolute atomic E-state index is 0.210. The SMILES string of the molecule is O=C1CCN(c2ccc(C(=O)NC3CCC(=O)NC3=O)cn2)CC1. The highest BCUT2D eigenvalue weighted by Crippen LogP contribution is 2.16. The Morgan fingerprint density at radius 1 is 1.17 bits per heavy atom. The van der Waals surface area contributed by atoms with Crippen LogP contribution in [0.3, 0.4) is 0 Å². The molecule has 126 valence electrons. The fourth-order valence-electron chi connectivity index (χ4n) is 2.77. The minimum atomic E-state index is -0.706. The first-order chi connectivity index (χ1) is 11.5. The molecule has 1 aromatic rings. The molecular formula is C16H18N4O4. The summed E-state index contributed by atoms with van der Waals surface area (Å²) in [5.74, 6) is -0.234. The summed E-state index contributed by atoms with van der Waals surface area (Å²) < 4.78 is 0. The van der Waals surface area contributed by atoms with Crippen molar-refractivity contribution in [3.8, 4) is 0 Å². The third kappa shape index (κ3) is 3.58. The molecule has 0 aromatic carbocycles. The van der Waals surface area contributed by atoms with Crippen molar-refractivity contribution in [1.29, 1.82) is 0 Å². The first kappa shape index (κ1) is 16.1. The highest BCUT2D eigenvalue weighted by molar-refractivity contribution is 6.03. The number of nitrogens with zero attached hydrogens (tertiary/aromatic N) is 2. The summed E-state index contributed by atoms with van der Waals surface area (Å²) in [6.45, 7) is 1.27. The van der Waals surface area contributed by atoms with Crippen LogP contribution in [0.4, 0.5) is 5.82 Å². The van der Waals surface area contributed by atoms with Crippen molar-refractivity contribution in [2.75, 3.05) is 18.0 Å². The van der Waals surface area contributed by atoms with Crippen LogP contribution >= 0.6 is 0 Å². The fraction of sp³-hybridized carbons (Fsp3) is 0.438. The lowest BCUT2D eigenvalue weighted by atomic mass is 10.1. The summed E-state index contributed by atoms with van der Waals surface area (Å²) in [4.78, 5) is 52.5. The van der Waals surface area contributed by atoms with Crippen LogP contribution in [-0.2, 0) is 14.4 Å². The van der Waals surface area contributed by atoms with Crippen molar-refractivity contribution in [2.24, 2.45) is 0 Å². The van der Waals surface area contributed by atoms with Gasteiger partial charge in [-0.3, -0.25) is 24.5 Å². The van der Waals surface area contributed by atoms with Crippen molar-refractivity contribution in [3.63, 3.8) is 0 Å². The maximum absolute atomic E-state index is 12.2. The van der Waals surface area contributed by atoms with Gasteiger partial charge in [-0.1, -0.05) is 0 Å². The number of Topliss-reactive ketones (excluding diaryl/α,β-unsaturated/α-hetero) is 1. The molecule has 1 aromatic heterocycles. The number of imide groups is 1. The fourth-order valence-corrected chi connectivity index (χ4v) is 2.77. The van der Waals surface area contributed by atoms with Gasteiger partial charge in [0.25, 0.3) is 5.91 Å². The maximum atomic E-state index is 12.2. The molecule has 0 bridgehead atoms. The van der Waals surface area contributed by atoms with Crippen molar-refractivity contribution in [3.05, 3.63) is 23.9 Å². The molecule has 3 amide bonds. The second-order valence-corrected chi connectivity index (χ2v) is 5.91. The number of anilines is 1. The molecule has 0 radical (unpaired) electrons. The highest BCUT2D eigenvalue weighted by Gasteiger charge is 2.28. The summed E-state index contributed by atoms with van der Waals surface area (Å²) >= 11 is 0. The molecule has 2 fully saturated rings. The monoisotopic (exact) mass is 330 g/mol. The molecule has 1 atom stereocenters. The molecule has 2 aliphatic heterocycles. The number of piperidine rings is 2. The molecule has 2 aliphatic rings. The van der Waals surface area contributed by atoms with Gasteiger partial charge >= 0.3 is 0 Å². The van der Waals surface area contributed by atoms with Gasteiger partial charge in [-0.25, -0.2) is 4.98 Å². The zero-order valence-corrected chi connectivity index (χ0v) is 13.1. The summed E-state index contributed by atoms with van der Waals surface area (Å²) in [5.41, 5.74) is 0.344. The first-order valence-corrected chi connectivity index (χ1v) is 7.90. The standard InChI is InChI=1S/C16H18N4O4/c21-11-5-7-20(8-6-11)13-3-1-10(9-17-13)15(23)18-12-2-4-14(22)19-16(12)24/h1,3,9,12H,2,4-8H2,(H,18,23)(H,19,22,24). The number of ketones is 1. The molecule has 0 spiro atoms. The van der Waals surface area contributed by atoms with E-state index in [2.05, 4.69) is 15.6 Å². The second kappa shape index (κ2) is 6.77. The van der Waals surface area contributed by atoms with Gasteiger partial charge in [0.2, 0.25) is 11.8 Å². The number of hydrogen-bond acceptors (Lipinski definition) is 6. The third-order valence-electron chi connectivity index (χ3n) is 4.20. The molecule has 2 saturated heterocycles. The van der Waals surface area contributed by atoms with E-state index in [1.54, 1.807) is 12.1 Å². The lowest BCUT2D eigenvalue weighted by molar-refractivity contribution is -0.134. The normalized spacial score (nSPS) is 21.4. The molecule has 24 heavy (non-hydrogen) atoms. The van der Waals surface area contributed by atoms with E-state index in [0.717, 1.165) is 5.82 Å². The van der Waals surface area contributed by atoms with Gasteiger partial charge in [-0.05, 0) is 18.6 Å². The van der Waals surface area contributed by atoms with Crippen LogP contribution in [-0.4, -0.2) is 47.6 Å². The van der Waals surface area contributed by atoms with E-state index in [4.69, 9.17) is 0 Å². The van der Waals surface area contributed by atoms with Crippen molar-refractivity contribution >= 4 is 29.3 Å². The van der Waals surface area contributed by atoms with Gasteiger partial charge in [0.1, 0.15) is 17.6 Å². The number of carbonyl (C=O) groups is 4. The molecule has 8 nitrogen and oxygen atoms in total. The Balaban J connectivity index is 1.60. The highest BCUT2D eigenvalue weighted by atomic mass is 16.2. The minimum Gasteiger partial charge on any atom is -0.356 e. The van der Waals surface area contributed by atoms with Crippen LogP contribution < -0.4 is 15.5 Å². The van der Waals surface area contributed by atoms with Gasteiger partial charge in [0, 0.05) is 38.5 Å². The Kier molecular flexibility index (Phi) is 4.54. The average molecular weight is 330 g/mol. The molecule has 1 unspecified atom stereocenters. The molecule has 0 saturated carbocycles. The van der Waals surface area contributed by atoms with Crippen molar-refractivity contribution in [1.82, 2.24) is 15.6 Å². The quantitative estimate of drug-likeness (QED) is 0.742. The molecule has 3 rings (SSSR count). The summed E-state index contributed by atoms with van der Waals surface area (Å²) in [5, 5.41) is 4.81. The number of hydrogen-bond donors (Lipinski definition) is 2. The Morgan fingerprint density at radius 2 is 1.92 bits per heavy atom. The molecule has 0 aliphatic carbocycles. The summed E-state index contributed by atoms with van der Waals surface area (Å²) in [6.07, 6.45) is 2.98. The zero-order valence-electron chi connectivity index (χ0n) is 13.1. The Labute approximate surface area is 138 Å². The van der Waals surface area contributed by atoms with Crippen LogP contribution in [0.2, 0.25) is 0 Å². The maximum Gasteiger partial charge on any atom is 0.253 e. The van der Waals surface area contributed by atoms with Crippen molar-refractivity contribution < 1.29 is 19.2 Å². The lowest BCUT2D eigenvalue weighted by Crippen LogP contribution is -2.52. The smallest absolute Gasteiger partial charge is 0.253 e. The second-order valence-electron chi connectivity index (χ2n) is 5.91.